The van der Waals surface area contributed by atoms with Crippen LogP contribution in [0.4, 0.5) is 5.82 Å². The van der Waals surface area contributed by atoms with Crippen LogP contribution >= 0.6 is 11.3 Å². The van der Waals surface area contributed by atoms with E-state index in [0.29, 0.717) is 11.6 Å². The van der Waals surface area contributed by atoms with E-state index in [4.69, 9.17) is 5.73 Å². The van der Waals surface area contributed by atoms with Crippen molar-refractivity contribution in [2.45, 2.75) is 27.2 Å². The Morgan fingerprint density at radius 3 is 2.80 bits per heavy atom. The summed E-state index contributed by atoms with van der Waals surface area (Å²) >= 11 is 1.66. The molecule has 2 N–H and O–H groups in total. The van der Waals surface area contributed by atoms with Crippen LogP contribution in [0.15, 0.2) is 18.3 Å². The highest BCUT2D eigenvalue weighted by Crippen LogP contribution is 2.33. The molecular formula is C15H16N4S. The Morgan fingerprint density at radius 1 is 1.25 bits per heavy atom. The van der Waals surface area contributed by atoms with Gasteiger partial charge in [0.15, 0.2) is 5.82 Å². The minimum atomic E-state index is 0.541. The largest absolute Gasteiger partial charge is 0.383 e. The molecule has 0 aliphatic heterocycles. The lowest BCUT2D eigenvalue weighted by Crippen LogP contribution is -2.00. The molecule has 0 radical (unpaired) electrons. The molecule has 3 aromatic rings. The summed E-state index contributed by atoms with van der Waals surface area (Å²) in [4.78, 5) is 15.7. The molecule has 0 aromatic carbocycles. The van der Waals surface area contributed by atoms with Gasteiger partial charge in [0, 0.05) is 11.1 Å². The number of nitrogens with two attached hydrogens (primary N) is 1. The summed E-state index contributed by atoms with van der Waals surface area (Å²) in [7, 11) is 0. The van der Waals surface area contributed by atoms with Crippen molar-refractivity contribution in [3.63, 3.8) is 0 Å². The molecule has 0 amide bonds. The SMILES string of the molecule is CCc1cccnc1-c1nc(N)c2c(C)c(C)sc2n1. The zero-order valence-corrected chi connectivity index (χ0v) is 12.6. The molecule has 3 aromatic heterocycles. The van der Waals surface area contributed by atoms with Gasteiger partial charge in [-0.25, -0.2) is 9.97 Å². The summed E-state index contributed by atoms with van der Waals surface area (Å²) < 4.78 is 0. The number of hydrogen-bond donors (Lipinski definition) is 1. The first-order valence-electron chi connectivity index (χ1n) is 6.59. The maximum atomic E-state index is 6.13. The molecule has 0 unspecified atom stereocenters. The predicted octanol–water partition coefficient (Wildman–Crippen LogP) is 3.51. The molecule has 102 valence electrons. The van der Waals surface area contributed by atoms with E-state index in [1.54, 1.807) is 17.5 Å². The van der Waals surface area contributed by atoms with E-state index in [9.17, 15) is 0 Å². The highest BCUT2D eigenvalue weighted by atomic mass is 32.1. The van der Waals surface area contributed by atoms with Crippen molar-refractivity contribution in [3.8, 4) is 11.5 Å². The Hall–Kier alpha value is -2.01. The van der Waals surface area contributed by atoms with Gasteiger partial charge in [0.2, 0.25) is 0 Å². The lowest BCUT2D eigenvalue weighted by atomic mass is 10.1. The Balaban J connectivity index is 2.28. The van der Waals surface area contributed by atoms with Crippen LogP contribution in [-0.2, 0) is 6.42 Å². The van der Waals surface area contributed by atoms with Crippen LogP contribution in [0.25, 0.3) is 21.7 Å². The number of aromatic nitrogens is 3. The van der Waals surface area contributed by atoms with Crippen LogP contribution in [-0.4, -0.2) is 15.0 Å². The van der Waals surface area contributed by atoms with E-state index in [2.05, 4.69) is 41.8 Å². The van der Waals surface area contributed by atoms with Crippen LogP contribution in [0.1, 0.15) is 22.9 Å². The summed E-state index contributed by atoms with van der Waals surface area (Å²) in [6.07, 6.45) is 2.66. The van der Waals surface area contributed by atoms with Crippen molar-refractivity contribution in [1.29, 1.82) is 0 Å². The van der Waals surface area contributed by atoms with Crippen molar-refractivity contribution >= 4 is 27.4 Å². The van der Waals surface area contributed by atoms with Crippen LogP contribution in [0.3, 0.4) is 0 Å². The van der Waals surface area contributed by atoms with Crippen molar-refractivity contribution in [2.75, 3.05) is 5.73 Å². The first-order valence-corrected chi connectivity index (χ1v) is 7.41. The second-order valence-electron chi connectivity index (χ2n) is 4.76. The van der Waals surface area contributed by atoms with Gasteiger partial charge in [0.05, 0.1) is 5.39 Å². The van der Waals surface area contributed by atoms with Gasteiger partial charge in [0.1, 0.15) is 16.3 Å². The van der Waals surface area contributed by atoms with Crippen LogP contribution in [0.2, 0.25) is 0 Å². The smallest absolute Gasteiger partial charge is 0.181 e. The highest BCUT2D eigenvalue weighted by molar-refractivity contribution is 7.18. The molecular weight excluding hydrogens is 268 g/mol. The highest BCUT2D eigenvalue weighted by Gasteiger charge is 2.15. The van der Waals surface area contributed by atoms with Gasteiger partial charge in [0.25, 0.3) is 0 Å². The molecule has 3 rings (SSSR count). The molecule has 0 fully saturated rings. The van der Waals surface area contributed by atoms with Gasteiger partial charge in [-0.1, -0.05) is 13.0 Å². The summed E-state index contributed by atoms with van der Waals surface area (Å²) in [6.45, 7) is 6.24. The number of aryl methyl sites for hydroxylation is 3. The fraction of sp³-hybridized carbons (Fsp3) is 0.267. The number of thiophene rings is 1. The normalized spacial score (nSPS) is 11.2. The molecule has 20 heavy (non-hydrogen) atoms. The molecule has 0 spiro atoms. The van der Waals surface area contributed by atoms with Gasteiger partial charge >= 0.3 is 0 Å². The maximum absolute atomic E-state index is 6.13. The van der Waals surface area contributed by atoms with E-state index in [-0.39, 0.29) is 0 Å². The quantitative estimate of drug-likeness (QED) is 0.782. The van der Waals surface area contributed by atoms with E-state index < -0.39 is 0 Å². The summed E-state index contributed by atoms with van der Waals surface area (Å²) in [6, 6.07) is 3.99. The number of nitrogens with zero attached hydrogens (tertiary/aromatic N) is 3. The Labute approximate surface area is 121 Å². The van der Waals surface area contributed by atoms with Gasteiger partial charge in [-0.2, -0.15) is 0 Å². The molecule has 0 bridgehead atoms. The first kappa shape index (κ1) is 13.0. The first-order chi connectivity index (χ1) is 9.61. The molecule has 0 aliphatic rings. The standard InChI is InChI=1S/C15H16N4S/c1-4-10-6-5-7-17-12(10)14-18-13(16)11-8(2)9(3)20-15(11)19-14/h5-7H,4H2,1-3H3,(H2,16,18,19). The fourth-order valence-electron chi connectivity index (χ4n) is 2.31. The summed E-state index contributed by atoms with van der Waals surface area (Å²) in [5, 5.41) is 0.977. The third-order valence-electron chi connectivity index (χ3n) is 3.54. The number of nitrogen functional groups attached to an aromatic ring is 1. The topological polar surface area (TPSA) is 64.7 Å². The van der Waals surface area contributed by atoms with Crippen molar-refractivity contribution in [3.05, 3.63) is 34.3 Å². The van der Waals surface area contributed by atoms with Crippen LogP contribution in [0, 0.1) is 13.8 Å². The van der Waals surface area contributed by atoms with Gasteiger partial charge in [-0.05, 0) is 37.5 Å². The van der Waals surface area contributed by atoms with Crippen molar-refractivity contribution in [1.82, 2.24) is 15.0 Å². The molecule has 4 nitrogen and oxygen atoms in total. The van der Waals surface area contributed by atoms with Crippen LogP contribution in [0.5, 0.6) is 0 Å². The minimum Gasteiger partial charge on any atom is -0.383 e. The Morgan fingerprint density at radius 2 is 2.05 bits per heavy atom. The maximum Gasteiger partial charge on any atom is 0.181 e. The van der Waals surface area contributed by atoms with E-state index in [0.717, 1.165) is 27.9 Å². The van der Waals surface area contributed by atoms with Gasteiger partial charge in [-0.15, -0.1) is 11.3 Å². The second-order valence-corrected chi connectivity index (χ2v) is 5.96. The number of anilines is 1. The molecule has 3 heterocycles. The molecule has 5 heteroatoms. The Bertz CT molecular complexity index is 792. The number of fused-ring (bicyclic) bond motifs is 1. The third kappa shape index (κ3) is 1.94. The fourth-order valence-corrected chi connectivity index (χ4v) is 3.35. The van der Waals surface area contributed by atoms with Crippen molar-refractivity contribution in [2.24, 2.45) is 0 Å². The molecule has 0 saturated heterocycles. The predicted molar refractivity (Wildman–Crippen MR) is 83.9 cm³/mol. The zero-order chi connectivity index (χ0) is 14.3. The van der Waals surface area contributed by atoms with E-state index in [1.807, 2.05) is 6.07 Å². The van der Waals surface area contributed by atoms with Gasteiger partial charge < -0.3 is 5.73 Å². The zero-order valence-electron chi connectivity index (χ0n) is 11.8. The second kappa shape index (κ2) is 4.83. The summed E-state index contributed by atoms with van der Waals surface area (Å²) in [5.41, 5.74) is 9.26. The number of pyridine rings is 1. The third-order valence-corrected chi connectivity index (χ3v) is 4.64. The monoisotopic (exact) mass is 284 g/mol. The van der Waals surface area contributed by atoms with Crippen LogP contribution < -0.4 is 5.73 Å². The van der Waals surface area contributed by atoms with E-state index >= 15 is 0 Å². The lowest BCUT2D eigenvalue weighted by molar-refractivity contribution is 1.08. The van der Waals surface area contributed by atoms with E-state index in [1.165, 1.54) is 10.4 Å². The van der Waals surface area contributed by atoms with Gasteiger partial charge in [-0.3, -0.25) is 4.98 Å². The molecule has 0 saturated carbocycles. The lowest BCUT2D eigenvalue weighted by Gasteiger charge is -2.06. The average Bonchev–Trinajstić information content (AvgIpc) is 2.74. The minimum absolute atomic E-state index is 0.541. The number of rotatable bonds is 2. The molecule has 0 atom stereocenters. The summed E-state index contributed by atoms with van der Waals surface area (Å²) in [5.74, 6) is 1.16. The average molecular weight is 284 g/mol. The molecule has 0 aliphatic carbocycles. The Kier molecular flexibility index (Phi) is 3.14. The van der Waals surface area contributed by atoms with Crippen molar-refractivity contribution < 1.29 is 0 Å². The number of hydrogen-bond acceptors (Lipinski definition) is 5.